The summed E-state index contributed by atoms with van der Waals surface area (Å²) in [5.74, 6) is 1.80. The summed E-state index contributed by atoms with van der Waals surface area (Å²) in [4.78, 5) is 24.4. The second kappa shape index (κ2) is 12.1. The Kier molecular flexibility index (Phi) is 7.08. The second-order valence-corrected chi connectivity index (χ2v) is 14.1. The lowest BCUT2D eigenvalue weighted by atomic mass is 9.82. The van der Waals surface area contributed by atoms with E-state index in [1.165, 1.54) is 33.4 Å². The zero-order chi connectivity index (χ0) is 35.5. The van der Waals surface area contributed by atoms with E-state index in [1.807, 2.05) is 60.9 Å². The van der Waals surface area contributed by atoms with Crippen LogP contribution in [0.1, 0.15) is 25.0 Å². The lowest BCUT2D eigenvalue weighted by Crippen LogP contribution is -2.14. The van der Waals surface area contributed by atoms with Crippen molar-refractivity contribution in [3.63, 3.8) is 0 Å². The topological polar surface area (TPSA) is 64.5 Å². The van der Waals surface area contributed by atoms with Gasteiger partial charge in [-0.2, -0.15) is 0 Å². The van der Waals surface area contributed by atoms with Crippen molar-refractivity contribution in [3.8, 4) is 67.5 Å². The molecule has 5 nitrogen and oxygen atoms in total. The van der Waals surface area contributed by atoms with Gasteiger partial charge in [-0.3, -0.25) is 9.97 Å². The molecule has 10 rings (SSSR count). The molecule has 250 valence electrons. The standard InChI is InChI=1S/C48H33N5/c1-48(2)41-15-6-3-12-35(41)40-29-34(22-23-42(40)48)33-11-9-10-32(28-33)30-18-20-31(21-19-30)45-51-46(38-24-26-49-43-16-7-4-13-36(38)43)53-47(52-45)39-25-27-50-44-17-8-5-14-37(39)44/h3-29H,1-2H3. The van der Waals surface area contributed by atoms with Gasteiger partial charge in [-0.05, 0) is 80.9 Å². The fourth-order valence-electron chi connectivity index (χ4n) is 7.92. The van der Waals surface area contributed by atoms with E-state index in [9.17, 15) is 0 Å². The molecule has 0 bridgehead atoms. The molecule has 1 aliphatic carbocycles. The van der Waals surface area contributed by atoms with E-state index < -0.39 is 0 Å². The molecule has 5 heteroatoms. The van der Waals surface area contributed by atoms with Crippen LogP contribution in [0.15, 0.2) is 164 Å². The predicted octanol–water partition coefficient (Wildman–Crippen LogP) is 11.6. The van der Waals surface area contributed by atoms with Crippen LogP contribution in [-0.2, 0) is 5.41 Å². The number of rotatable bonds is 5. The van der Waals surface area contributed by atoms with E-state index in [2.05, 4.69) is 127 Å². The lowest BCUT2D eigenvalue weighted by molar-refractivity contribution is 0.660. The molecule has 3 aromatic heterocycles. The highest BCUT2D eigenvalue weighted by molar-refractivity contribution is 5.95. The Bertz CT molecular complexity index is 2770. The van der Waals surface area contributed by atoms with Crippen LogP contribution in [0.3, 0.4) is 0 Å². The van der Waals surface area contributed by atoms with E-state index in [-0.39, 0.29) is 5.41 Å². The number of hydrogen-bond donors (Lipinski definition) is 0. The summed E-state index contributed by atoms with van der Waals surface area (Å²) in [7, 11) is 0. The highest BCUT2D eigenvalue weighted by atomic mass is 15.0. The van der Waals surface area contributed by atoms with E-state index in [0.29, 0.717) is 17.5 Å². The fraction of sp³-hybridized carbons (Fsp3) is 0.0625. The van der Waals surface area contributed by atoms with Gasteiger partial charge in [0.15, 0.2) is 17.5 Å². The predicted molar refractivity (Wildman–Crippen MR) is 215 cm³/mol. The van der Waals surface area contributed by atoms with Crippen LogP contribution >= 0.6 is 0 Å². The molecule has 0 saturated heterocycles. The van der Waals surface area contributed by atoms with Gasteiger partial charge in [-0.25, -0.2) is 15.0 Å². The van der Waals surface area contributed by atoms with Crippen molar-refractivity contribution in [2.24, 2.45) is 0 Å². The summed E-state index contributed by atoms with van der Waals surface area (Å²) in [6.07, 6.45) is 3.63. The maximum Gasteiger partial charge on any atom is 0.164 e. The minimum atomic E-state index is -0.00765. The number of aromatic nitrogens is 5. The summed E-state index contributed by atoms with van der Waals surface area (Å²) in [5, 5.41) is 1.98. The molecule has 53 heavy (non-hydrogen) atoms. The Labute approximate surface area is 307 Å². The van der Waals surface area contributed by atoms with Gasteiger partial charge in [0.1, 0.15) is 0 Å². The van der Waals surface area contributed by atoms with Crippen molar-refractivity contribution in [1.29, 1.82) is 0 Å². The van der Waals surface area contributed by atoms with Crippen molar-refractivity contribution in [2.75, 3.05) is 0 Å². The molecular formula is C48H33N5. The van der Waals surface area contributed by atoms with Gasteiger partial charge >= 0.3 is 0 Å². The molecular weight excluding hydrogens is 647 g/mol. The Hall–Kier alpha value is -6.85. The van der Waals surface area contributed by atoms with Gasteiger partial charge in [-0.1, -0.05) is 129 Å². The minimum absolute atomic E-state index is 0.00765. The SMILES string of the molecule is CC1(C)c2ccccc2-c2cc(-c3cccc(-c4ccc(-c5nc(-c6ccnc7ccccc67)nc(-c6ccnc7ccccc67)n5)cc4)c3)ccc21. The monoisotopic (exact) mass is 679 g/mol. The Morgan fingerprint density at radius 1 is 0.358 bits per heavy atom. The average Bonchev–Trinajstić information content (AvgIpc) is 3.45. The van der Waals surface area contributed by atoms with Crippen molar-refractivity contribution < 1.29 is 0 Å². The summed E-state index contributed by atoms with van der Waals surface area (Å²) >= 11 is 0. The van der Waals surface area contributed by atoms with Gasteiger partial charge in [0, 0.05) is 45.3 Å². The van der Waals surface area contributed by atoms with Crippen molar-refractivity contribution >= 4 is 21.8 Å². The molecule has 3 heterocycles. The van der Waals surface area contributed by atoms with Crippen LogP contribution in [0.2, 0.25) is 0 Å². The summed E-state index contributed by atoms with van der Waals surface area (Å²) in [6.45, 7) is 4.64. The van der Waals surface area contributed by atoms with Gasteiger partial charge in [0.25, 0.3) is 0 Å². The summed E-state index contributed by atoms with van der Waals surface area (Å²) in [5.41, 5.74) is 14.6. The normalized spacial score (nSPS) is 12.9. The number of fused-ring (bicyclic) bond motifs is 5. The van der Waals surface area contributed by atoms with Crippen LogP contribution in [0.25, 0.3) is 89.4 Å². The van der Waals surface area contributed by atoms with E-state index in [4.69, 9.17) is 15.0 Å². The largest absolute Gasteiger partial charge is 0.256 e. The molecule has 0 unspecified atom stereocenters. The minimum Gasteiger partial charge on any atom is -0.256 e. The van der Waals surface area contributed by atoms with E-state index in [1.54, 1.807) is 0 Å². The highest BCUT2D eigenvalue weighted by Crippen LogP contribution is 2.49. The molecule has 0 radical (unpaired) electrons. The van der Waals surface area contributed by atoms with Crippen molar-refractivity contribution in [2.45, 2.75) is 19.3 Å². The summed E-state index contributed by atoms with van der Waals surface area (Å²) in [6, 6.07) is 53.2. The van der Waals surface area contributed by atoms with E-state index in [0.717, 1.165) is 49.6 Å². The van der Waals surface area contributed by atoms with Crippen LogP contribution < -0.4 is 0 Å². The maximum atomic E-state index is 5.07. The number of pyridine rings is 2. The first kappa shape index (κ1) is 30.9. The molecule has 1 aliphatic rings. The van der Waals surface area contributed by atoms with Gasteiger partial charge in [0.2, 0.25) is 0 Å². The quantitative estimate of drug-likeness (QED) is 0.181. The Morgan fingerprint density at radius 2 is 0.868 bits per heavy atom. The third-order valence-electron chi connectivity index (χ3n) is 10.7. The third kappa shape index (κ3) is 5.20. The molecule has 0 fully saturated rings. The van der Waals surface area contributed by atoms with Gasteiger partial charge < -0.3 is 0 Å². The number of para-hydroxylation sites is 2. The third-order valence-corrected chi connectivity index (χ3v) is 10.7. The second-order valence-electron chi connectivity index (χ2n) is 14.1. The zero-order valence-corrected chi connectivity index (χ0v) is 29.3. The number of nitrogens with zero attached hydrogens (tertiary/aromatic N) is 5. The number of benzene rings is 6. The first-order valence-corrected chi connectivity index (χ1v) is 17.9. The lowest BCUT2D eigenvalue weighted by Gasteiger charge is -2.21. The van der Waals surface area contributed by atoms with Crippen LogP contribution in [0.4, 0.5) is 0 Å². The molecule has 0 N–H and O–H groups in total. The molecule has 0 amide bonds. The molecule has 0 saturated carbocycles. The van der Waals surface area contributed by atoms with Gasteiger partial charge in [0.05, 0.1) is 11.0 Å². The highest BCUT2D eigenvalue weighted by Gasteiger charge is 2.35. The fourth-order valence-corrected chi connectivity index (χ4v) is 7.92. The Balaban J connectivity index is 1.04. The smallest absolute Gasteiger partial charge is 0.164 e. The summed E-state index contributed by atoms with van der Waals surface area (Å²) < 4.78 is 0. The van der Waals surface area contributed by atoms with Crippen molar-refractivity contribution in [3.05, 3.63) is 175 Å². The Morgan fingerprint density at radius 3 is 1.55 bits per heavy atom. The molecule has 0 spiro atoms. The van der Waals surface area contributed by atoms with Crippen LogP contribution in [0.5, 0.6) is 0 Å². The molecule has 0 atom stereocenters. The zero-order valence-electron chi connectivity index (χ0n) is 29.3. The van der Waals surface area contributed by atoms with Crippen LogP contribution in [-0.4, -0.2) is 24.9 Å². The first-order chi connectivity index (χ1) is 26.0. The van der Waals surface area contributed by atoms with Gasteiger partial charge in [-0.15, -0.1) is 0 Å². The number of hydrogen-bond acceptors (Lipinski definition) is 5. The van der Waals surface area contributed by atoms with E-state index >= 15 is 0 Å². The molecule has 9 aromatic rings. The van der Waals surface area contributed by atoms with Crippen LogP contribution in [0, 0.1) is 0 Å². The van der Waals surface area contributed by atoms with Crippen molar-refractivity contribution in [1.82, 2.24) is 24.9 Å². The molecule has 6 aromatic carbocycles. The average molecular weight is 680 g/mol. The first-order valence-electron chi connectivity index (χ1n) is 17.9. The maximum absolute atomic E-state index is 5.07. The molecule has 0 aliphatic heterocycles.